The normalized spacial score (nSPS) is 12.1. The van der Waals surface area contributed by atoms with E-state index in [-0.39, 0.29) is 11.7 Å². The molecule has 0 heterocycles. The van der Waals surface area contributed by atoms with Crippen LogP contribution in [-0.2, 0) is 11.2 Å². The second-order valence-electron chi connectivity index (χ2n) is 4.41. The van der Waals surface area contributed by atoms with E-state index in [0.717, 1.165) is 11.1 Å². The zero-order valence-electron chi connectivity index (χ0n) is 10.3. The summed E-state index contributed by atoms with van der Waals surface area (Å²) in [4.78, 5) is 12.2. The Labute approximate surface area is 112 Å². The number of ketones is 1. The van der Waals surface area contributed by atoms with Crippen molar-refractivity contribution in [3.05, 3.63) is 70.7 Å². The van der Waals surface area contributed by atoms with E-state index < -0.39 is 0 Å². The molecule has 0 bridgehead atoms. The van der Waals surface area contributed by atoms with Gasteiger partial charge in [0.1, 0.15) is 5.78 Å². The number of hydrogen-bond acceptors (Lipinski definition) is 1. The van der Waals surface area contributed by atoms with E-state index in [1.165, 1.54) is 0 Å². The maximum absolute atomic E-state index is 12.2. The SMILES string of the molecule is CC(C(=O)Cc1cccc(Cl)c1)c1ccccc1. The van der Waals surface area contributed by atoms with Gasteiger partial charge in [-0.1, -0.05) is 61.0 Å². The summed E-state index contributed by atoms with van der Waals surface area (Å²) in [5, 5.41) is 0.674. The fraction of sp³-hybridized carbons (Fsp3) is 0.188. The molecule has 2 heteroatoms. The first kappa shape index (κ1) is 12.8. The van der Waals surface area contributed by atoms with Crippen molar-refractivity contribution in [3.8, 4) is 0 Å². The molecule has 0 saturated carbocycles. The Hall–Kier alpha value is -1.60. The third kappa shape index (κ3) is 3.21. The lowest BCUT2D eigenvalue weighted by molar-refractivity contribution is -0.119. The molecule has 0 radical (unpaired) electrons. The van der Waals surface area contributed by atoms with Gasteiger partial charge in [-0.3, -0.25) is 4.79 Å². The molecule has 18 heavy (non-hydrogen) atoms. The van der Waals surface area contributed by atoms with Gasteiger partial charge in [0.15, 0.2) is 0 Å². The second kappa shape index (κ2) is 5.83. The molecule has 0 amide bonds. The highest BCUT2D eigenvalue weighted by Crippen LogP contribution is 2.19. The quantitative estimate of drug-likeness (QED) is 0.801. The summed E-state index contributed by atoms with van der Waals surface area (Å²) in [5.41, 5.74) is 2.03. The number of rotatable bonds is 4. The Kier molecular flexibility index (Phi) is 4.16. The molecule has 92 valence electrons. The molecule has 0 N–H and O–H groups in total. The molecule has 0 saturated heterocycles. The smallest absolute Gasteiger partial charge is 0.144 e. The summed E-state index contributed by atoms with van der Waals surface area (Å²) in [6.45, 7) is 1.95. The van der Waals surface area contributed by atoms with E-state index in [1.54, 1.807) is 0 Å². The van der Waals surface area contributed by atoms with Crippen LogP contribution in [0.5, 0.6) is 0 Å². The monoisotopic (exact) mass is 258 g/mol. The lowest BCUT2D eigenvalue weighted by Crippen LogP contribution is -2.11. The molecule has 1 unspecified atom stereocenters. The summed E-state index contributed by atoms with van der Waals surface area (Å²) < 4.78 is 0. The largest absolute Gasteiger partial charge is 0.299 e. The number of Topliss-reactive ketones (excluding diaryl/α,β-unsaturated/α-hetero) is 1. The third-order valence-corrected chi connectivity index (χ3v) is 3.29. The Balaban J connectivity index is 2.09. The van der Waals surface area contributed by atoms with Crippen LogP contribution in [-0.4, -0.2) is 5.78 Å². The highest BCUT2D eigenvalue weighted by molar-refractivity contribution is 6.30. The van der Waals surface area contributed by atoms with Gasteiger partial charge in [0.05, 0.1) is 0 Å². The highest BCUT2D eigenvalue weighted by Gasteiger charge is 2.15. The van der Waals surface area contributed by atoms with Gasteiger partial charge >= 0.3 is 0 Å². The Morgan fingerprint density at radius 2 is 1.83 bits per heavy atom. The Morgan fingerprint density at radius 3 is 2.50 bits per heavy atom. The molecule has 0 fully saturated rings. The number of hydrogen-bond donors (Lipinski definition) is 0. The lowest BCUT2D eigenvalue weighted by atomic mass is 9.93. The van der Waals surface area contributed by atoms with Crippen molar-refractivity contribution in [1.29, 1.82) is 0 Å². The van der Waals surface area contributed by atoms with Crippen LogP contribution in [0.1, 0.15) is 24.0 Å². The third-order valence-electron chi connectivity index (χ3n) is 3.05. The molecule has 0 aliphatic carbocycles. The summed E-state index contributed by atoms with van der Waals surface area (Å²) in [5.74, 6) is 0.133. The van der Waals surface area contributed by atoms with Gasteiger partial charge in [0, 0.05) is 17.4 Å². The second-order valence-corrected chi connectivity index (χ2v) is 4.84. The topological polar surface area (TPSA) is 17.1 Å². The fourth-order valence-electron chi connectivity index (χ4n) is 1.93. The van der Waals surface area contributed by atoms with E-state index >= 15 is 0 Å². The van der Waals surface area contributed by atoms with Crippen molar-refractivity contribution in [1.82, 2.24) is 0 Å². The molecule has 0 aliphatic heterocycles. The Bertz CT molecular complexity index is 534. The first-order valence-corrected chi connectivity index (χ1v) is 6.36. The van der Waals surface area contributed by atoms with Crippen LogP contribution < -0.4 is 0 Å². The number of carbonyl (C=O) groups excluding carboxylic acids is 1. The van der Waals surface area contributed by atoms with Gasteiger partial charge in [-0.25, -0.2) is 0 Å². The maximum atomic E-state index is 12.2. The van der Waals surface area contributed by atoms with Gasteiger partial charge in [-0.15, -0.1) is 0 Å². The molecular weight excluding hydrogens is 244 g/mol. The zero-order valence-corrected chi connectivity index (χ0v) is 11.0. The molecule has 2 aromatic rings. The van der Waals surface area contributed by atoms with Crippen LogP contribution >= 0.6 is 11.6 Å². The molecule has 0 aromatic heterocycles. The molecular formula is C16H15ClO. The van der Waals surface area contributed by atoms with Crippen molar-refractivity contribution < 1.29 is 4.79 Å². The summed E-state index contributed by atoms with van der Waals surface area (Å²) in [6, 6.07) is 17.3. The minimum atomic E-state index is -0.0785. The average molecular weight is 259 g/mol. The van der Waals surface area contributed by atoms with Crippen LogP contribution in [0, 0.1) is 0 Å². The zero-order chi connectivity index (χ0) is 13.0. The molecule has 1 nitrogen and oxygen atoms in total. The van der Waals surface area contributed by atoms with Crippen molar-refractivity contribution in [3.63, 3.8) is 0 Å². The van der Waals surface area contributed by atoms with Crippen molar-refractivity contribution in [2.75, 3.05) is 0 Å². The minimum absolute atomic E-state index is 0.0785. The van der Waals surface area contributed by atoms with Crippen LogP contribution in [0.15, 0.2) is 54.6 Å². The molecule has 2 rings (SSSR count). The van der Waals surface area contributed by atoms with E-state index in [2.05, 4.69) is 0 Å². The van der Waals surface area contributed by atoms with Gasteiger partial charge in [0.2, 0.25) is 0 Å². The average Bonchev–Trinajstić information content (AvgIpc) is 2.39. The van der Waals surface area contributed by atoms with Crippen LogP contribution in [0.4, 0.5) is 0 Å². The van der Waals surface area contributed by atoms with Crippen LogP contribution in [0.3, 0.4) is 0 Å². The van der Waals surface area contributed by atoms with Gasteiger partial charge in [-0.05, 0) is 23.3 Å². The highest BCUT2D eigenvalue weighted by atomic mass is 35.5. The summed E-state index contributed by atoms with van der Waals surface area (Å²) in [7, 11) is 0. The van der Waals surface area contributed by atoms with Gasteiger partial charge < -0.3 is 0 Å². The van der Waals surface area contributed by atoms with E-state index in [1.807, 2.05) is 61.5 Å². The lowest BCUT2D eigenvalue weighted by Gasteiger charge is -2.10. The van der Waals surface area contributed by atoms with Crippen molar-refractivity contribution in [2.45, 2.75) is 19.3 Å². The summed E-state index contributed by atoms with van der Waals surface area (Å²) >= 11 is 5.91. The van der Waals surface area contributed by atoms with Gasteiger partial charge in [-0.2, -0.15) is 0 Å². The van der Waals surface area contributed by atoms with E-state index in [9.17, 15) is 4.79 Å². The number of benzene rings is 2. The van der Waals surface area contributed by atoms with Crippen molar-refractivity contribution in [2.24, 2.45) is 0 Å². The number of carbonyl (C=O) groups is 1. The maximum Gasteiger partial charge on any atom is 0.144 e. The van der Waals surface area contributed by atoms with Crippen LogP contribution in [0.2, 0.25) is 5.02 Å². The molecule has 0 spiro atoms. The van der Waals surface area contributed by atoms with E-state index in [0.29, 0.717) is 11.4 Å². The predicted molar refractivity (Wildman–Crippen MR) is 75.0 cm³/mol. The van der Waals surface area contributed by atoms with Crippen LogP contribution in [0.25, 0.3) is 0 Å². The number of halogens is 1. The predicted octanol–water partition coefficient (Wildman–Crippen LogP) is 4.26. The van der Waals surface area contributed by atoms with Crippen molar-refractivity contribution >= 4 is 17.4 Å². The molecule has 0 aliphatic rings. The van der Waals surface area contributed by atoms with E-state index in [4.69, 9.17) is 11.6 Å². The minimum Gasteiger partial charge on any atom is -0.299 e. The first-order valence-electron chi connectivity index (χ1n) is 5.99. The molecule has 1 atom stereocenters. The standard InChI is InChI=1S/C16H15ClO/c1-12(14-7-3-2-4-8-14)16(18)11-13-6-5-9-15(17)10-13/h2-10,12H,11H2,1H3. The van der Waals surface area contributed by atoms with Gasteiger partial charge in [0.25, 0.3) is 0 Å². The first-order chi connectivity index (χ1) is 8.66. The fourth-order valence-corrected chi connectivity index (χ4v) is 2.14. The Morgan fingerprint density at radius 1 is 1.11 bits per heavy atom. The molecule has 2 aromatic carbocycles. The summed E-state index contributed by atoms with van der Waals surface area (Å²) in [6.07, 6.45) is 0.427.